The molecule has 12 heteroatoms. The summed E-state index contributed by atoms with van der Waals surface area (Å²) in [5.74, 6) is -3.39. The Hall–Kier alpha value is -4.22. The summed E-state index contributed by atoms with van der Waals surface area (Å²) < 4.78 is 66.7. The van der Waals surface area contributed by atoms with Gasteiger partial charge in [-0.1, -0.05) is 83.9 Å². The number of aromatic nitrogens is 2. The Bertz CT molecular complexity index is 1380. The molecule has 47 heavy (non-hydrogen) atoms. The fraction of sp³-hybridized carbons (Fsp3) is 0.457. The number of benzene rings is 2. The molecule has 7 nitrogen and oxygen atoms in total. The molecule has 0 fully saturated rings. The normalized spacial score (nSPS) is 11.0. The number of urea groups is 1. The number of hydrogen-bond acceptors (Lipinski definition) is 3. The number of allylic oxidation sites excluding steroid dienone is 1. The predicted molar refractivity (Wildman–Crippen MR) is 179 cm³/mol. The average molecular weight is 666 g/mol. The maximum Gasteiger partial charge on any atom is 0.416 e. The molecule has 0 aliphatic carbocycles. The maximum absolute atomic E-state index is 13.2. The molecule has 3 amide bonds. The number of nitrogens with one attached hydrogen (secondary N) is 3. The summed E-state index contributed by atoms with van der Waals surface area (Å²) in [6, 6.07) is 9.73. The number of carbonyl (C=O) groups is 2. The highest BCUT2D eigenvalue weighted by Crippen LogP contribution is 2.29. The number of amides is 3. The van der Waals surface area contributed by atoms with Gasteiger partial charge in [-0.15, -0.1) is 0 Å². The molecule has 0 unspecified atom stereocenters. The van der Waals surface area contributed by atoms with Crippen LogP contribution in [0.2, 0.25) is 0 Å². The summed E-state index contributed by atoms with van der Waals surface area (Å²) in [6.45, 7) is 15.6. The van der Waals surface area contributed by atoms with E-state index in [1.165, 1.54) is 60.0 Å². The zero-order chi connectivity index (χ0) is 35.6. The van der Waals surface area contributed by atoms with E-state index in [4.69, 9.17) is 0 Å². The standard InChI is InChI=1S/C29H32F5N5O2.2C3H8/c1-4-19(2)6-5-15-35-26(40)25-37-24(18-39(25)17-21-7-11-22(12-8-21)29(32,33)34)38-27(41)36-23-13-9-20(10-14-23)16-28(3,30)31;2*1-3-2/h7-14,18H,2,4-6,15-17H2,1,3H3,(H,35,40)(H2,36,38,41);2*3H2,1-2H3. The number of imidazole rings is 1. The van der Waals surface area contributed by atoms with Crippen LogP contribution in [0, 0.1) is 0 Å². The van der Waals surface area contributed by atoms with E-state index >= 15 is 0 Å². The SMILES string of the molecule is C=C(CC)CCCNC(=O)c1nc(NC(=O)Nc2ccc(CC(C)(F)F)cc2)cn1Cc1ccc(C(F)(F)F)cc1.CCC.CCC. The van der Waals surface area contributed by atoms with Gasteiger partial charge in [0.05, 0.1) is 5.56 Å². The van der Waals surface area contributed by atoms with E-state index in [-0.39, 0.29) is 18.2 Å². The fourth-order valence-corrected chi connectivity index (χ4v) is 3.91. The lowest BCUT2D eigenvalue weighted by Crippen LogP contribution is -2.28. The van der Waals surface area contributed by atoms with Crippen molar-refractivity contribution in [1.29, 1.82) is 0 Å². The molecule has 0 aliphatic rings. The van der Waals surface area contributed by atoms with Gasteiger partial charge in [-0.3, -0.25) is 10.1 Å². The van der Waals surface area contributed by atoms with Gasteiger partial charge in [0.1, 0.15) is 0 Å². The summed E-state index contributed by atoms with van der Waals surface area (Å²) in [7, 11) is 0. The molecule has 3 aromatic rings. The van der Waals surface area contributed by atoms with E-state index in [1.54, 1.807) is 0 Å². The monoisotopic (exact) mass is 665 g/mol. The van der Waals surface area contributed by atoms with Gasteiger partial charge < -0.3 is 15.2 Å². The molecule has 0 spiro atoms. The number of rotatable bonds is 12. The van der Waals surface area contributed by atoms with Crippen LogP contribution in [0.1, 0.15) is 101 Å². The second-order valence-electron chi connectivity index (χ2n) is 11.2. The molecule has 1 heterocycles. The molecule has 0 aliphatic heterocycles. The van der Waals surface area contributed by atoms with Crippen molar-refractivity contribution in [2.45, 2.75) is 98.7 Å². The first-order valence-corrected chi connectivity index (χ1v) is 15.8. The third kappa shape index (κ3) is 16.3. The summed E-state index contributed by atoms with van der Waals surface area (Å²) in [6.07, 6.45) is 1.23. The van der Waals surface area contributed by atoms with Crippen molar-refractivity contribution in [3.63, 3.8) is 0 Å². The van der Waals surface area contributed by atoms with Crippen LogP contribution in [-0.4, -0.2) is 34.0 Å². The smallest absolute Gasteiger partial charge is 0.349 e. The Labute approximate surface area is 275 Å². The molecule has 3 rings (SSSR count). The van der Waals surface area contributed by atoms with Crippen LogP contribution in [0.3, 0.4) is 0 Å². The van der Waals surface area contributed by atoms with Crippen molar-refractivity contribution in [3.05, 3.63) is 89.4 Å². The number of alkyl halides is 5. The quantitative estimate of drug-likeness (QED) is 0.102. The molecule has 2 aromatic carbocycles. The van der Waals surface area contributed by atoms with Gasteiger partial charge in [0.2, 0.25) is 11.7 Å². The lowest BCUT2D eigenvalue weighted by atomic mass is 10.1. The minimum Gasteiger partial charge on any atom is -0.349 e. The summed E-state index contributed by atoms with van der Waals surface area (Å²) in [4.78, 5) is 29.7. The second kappa shape index (κ2) is 20.1. The maximum atomic E-state index is 13.2. The first-order valence-electron chi connectivity index (χ1n) is 15.8. The largest absolute Gasteiger partial charge is 0.416 e. The van der Waals surface area contributed by atoms with E-state index in [2.05, 4.69) is 55.2 Å². The van der Waals surface area contributed by atoms with Crippen LogP contribution in [0.5, 0.6) is 0 Å². The molecule has 3 N–H and O–H groups in total. The zero-order valence-electron chi connectivity index (χ0n) is 28.2. The predicted octanol–water partition coefficient (Wildman–Crippen LogP) is 10.1. The minimum absolute atomic E-state index is 0.0212. The Morgan fingerprint density at radius 2 is 1.40 bits per heavy atom. The van der Waals surface area contributed by atoms with Crippen molar-refractivity contribution in [3.8, 4) is 0 Å². The van der Waals surface area contributed by atoms with Crippen LogP contribution >= 0.6 is 0 Å². The molecule has 0 radical (unpaired) electrons. The van der Waals surface area contributed by atoms with Crippen molar-refractivity contribution >= 4 is 23.4 Å². The number of halogens is 5. The van der Waals surface area contributed by atoms with Crippen molar-refractivity contribution in [1.82, 2.24) is 14.9 Å². The third-order valence-corrected chi connectivity index (χ3v) is 6.07. The van der Waals surface area contributed by atoms with Crippen LogP contribution in [0.25, 0.3) is 0 Å². The molecule has 0 atom stereocenters. The highest BCUT2D eigenvalue weighted by molar-refractivity contribution is 5.99. The molecule has 0 saturated heterocycles. The second-order valence-corrected chi connectivity index (χ2v) is 11.2. The molecule has 0 saturated carbocycles. The molecule has 0 bridgehead atoms. The highest BCUT2D eigenvalue weighted by atomic mass is 19.4. The molecular weight excluding hydrogens is 617 g/mol. The summed E-state index contributed by atoms with van der Waals surface area (Å²) in [5.41, 5.74) is 1.49. The minimum atomic E-state index is -4.48. The number of hydrogen-bond donors (Lipinski definition) is 3. The fourth-order valence-electron chi connectivity index (χ4n) is 3.91. The van der Waals surface area contributed by atoms with Crippen LogP contribution in [-0.2, 0) is 19.1 Å². The van der Waals surface area contributed by atoms with Gasteiger partial charge in [0.15, 0.2) is 5.82 Å². The zero-order valence-corrected chi connectivity index (χ0v) is 28.2. The Kier molecular flexibility index (Phi) is 17.5. The number of nitrogens with zero attached hydrogens (tertiary/aromatic N) is 2. The van der Waals surface area contributed by atoms with E-state index in [0.29, 0.717) is 29.8 Å². The van der Waals surface area contributed by atoms with Gasteiger partial charge in [0.25, 0.3) is 5.91 Å². The van der Waals surface area contributed by atoms with Crippen molar-refractivity contribution in [2.24, 2.45) is 0 Å². The van der Waals surface area contributed by atoms with Gasteiger partial charge in [-0.25, -0.2) is 18.6 Å². The van der Waals surface area contributed by atoms with Gasteiger partial charge in [-0.05, 0) is 61.6 Å². The van der Waals surface area contributed by atoms with Crippen molar-refractivity contribution < 1.29 is 31.5 Å². The van der Waals surface area contributed by atoms with E-state index in [1.807, 2.05) is 6.92 Å². The summed E-state index contributed by atoms with van der Waals surface area (Å²) >= 11 is 0. The summed E-state index contributed by atoms with van der Waals surface area (Å²) in [5, 5.41) is 7.85. The van der Waals surface area contributed by atoms with Crippen LogP contribution < -0.4 is 16.0 Å². The lowest BCUT2D eigenvalue weighted by molar-refractivity contribution is -0.137. The molecule has 260 valence electrons. The Morgan fingerprint density at radius 3 is 1.91 bits per heavy atom. The lowest BCUT2D eigenvalue weighted by Gasteiger charge is -2.11. The highest BCUT2D eigenvalue weighted by Gasteiger charge is 2.30. The van der Waals surface area contributed by atoms with Crippen LogP contribution in [0.15, 0.2) is 66.9 Å². The Balaban J connectivity index is 0.00000171. The molecular formula is C35H48F5N5O2. The van der Waals surface area contributed by atoms with E-state index in [9.17, 15) is 31.5 Å². The average Bonchev–Trinajstić information content (AvgIpc) is 3.37. The topological polar surface area (TPSA) is 88.1 Å². The van der Waals surface area contributed by atoms with E-state index in [0.717, 1.165) is 37.5 Å². The molecule has 1 aromatic heterocycles. The van der Waals surface area contributed by atoms with Gasteiger partial charge in [0, 0.05) is 31.4 Å². The van der Waals surface area contributed by atoms with E-state index < -0.39 is 36.0 Å². The van der Waals surface area contributed by atoms with Crippen molar-refractivity contribution in [2.75, 3.05) is 17.2 Å². The Morgan fingerprint density at radius 1 is 0.851 bits per heavy atom. The van der Waals surface area contributed by atoms with Crippen LogP contribution in [0.4, 0.5) is 38.3 Å². The number of carbonyl (C=O) groups excluding carboxylic acids is 2. The third-order valence-electron chi connectivity index (χ3n) is 6.07. The van der Waals surface area contributed by atoms with Gasteiger partial charge in [-0.2, -0.15) is 13.2 Å². The first-order chi connectivity index (χ1) is 22.1. The van der Waals surface area contributed by atoms with Gasteiger partial charge >= 0.3 is 12.2 Å². The number of anilines is 2. The first kappa shape index (κ1) is 40.8.